The minimum atomic E-state index is -4.87. The number of hydrogen-bond donors (Lipinski definition) is 0. The van der Waals surface area contributed by atoms with E-state index in [1.54, 1.807) is 4.90 Å². The number of nitrogens with zero attached hydrogens (tertiary/aromatic N) is 7. The van der Waals surface area contributed by atoms with Crippen LogP contribution in [0.2, 0.25) is 5.02 Å². The molecule has 0 saturated heterocycles. The fraction of sp³-hybridized carbons (Fsp3) is 0.368. The van der Waals surface area contributed by atoms with E-state index in [9.17, 15) is 27.6 Å². The molecule has 3 rings (SSSR count). The predicted octanol–water partition coefficient (Wildman–Crippen LogP) is 1.73. The van der Waals surface area contributed by atoms with Crippen LogP contribution in [0.25, 0.3) is 17.1 Å². The van der Waals surface area contributed by atoms with Crippen molar-refractivity contribution < 1.29 is 18.0 Å². The van der Waals surface area contributed by atoms with E-state index in [1.807, 2.05) is 13.8 Å². The van der Waals surface area contributed by atoms with E-state index in [4.69, 9.17) is 11.6 Å². The third-order valence-corrected chi connectivity index (χ3v) is 5.23. The normalized spacial score (nSPS) is 11.6. The molecule has 0 N–H and O–H groups in total. The number of aromatic nitrogens is 6. The van der Waals surface area contributed by atoms with Gasteiger partial charge >= 0.3 is 11.9 Å². The monoisotopic (exact) mass is 485 g/mol. The minimum Gasteiger partial charge on any atom is -0.342 e. The molecule has 0 aliphatic heterocycles. The van der Waals surface area contributed by atoms with Crippen molar-refractivity contribution in [1.29, 1.82) is 0 Å². The molecule has 3 aromatic rings. The van der Waals surface area contributed by atoms with Gasteiger partial charge in [0.15, 0.2) is 0 Å². The van der Waals surface area contributed by atoms with Gasteiger partial charge in [-0.05, 0) is 37.3 Å². The molecule has 0 saturated carbocycles. The molecule has 1 aromatic carbocycles. The second-order valence-corrected chi connectivity index (χ2v) is 7.32. The van der Waals surface area contributed by atoms with Gasteiger partial charge in [0.1, 0.15) is 12.2 Å². The Labute approximate surface area is 189 Å². The molecular weight excluding hydrogens is 467 g/mol. The number of likely N-dealkylation sites (N-methyl/N-ethyl adjacent to an activating group) is 1. The summed E-state index contributed by atoms with van der Waals surface area (Å²) >= 11 is 6.21. The molecule has 33 heavy (non-hydrogen) atoms. The molecule has 0 bridgehead atoms. The largest absolute Gasteiger partial charge is 0.431 e. The first kappa shape index (κ1) is 24.2. The summed E-state index contributed by atoms with van der Waals surface area (Å²) in [4.78, 5) is 39.8. The van der Waals surface area contributed by atoms with Gasteiger partial charge in [-0.1, -0.05) is 11.6 Å². The van der Waals surface area contributed by atoms with Crippen LogP contribution < -0.4 is 11.2 Å². The third kappa shape index (κ3) is 4.82. The van der Waals surface area contributed by atoms with Gasteiger partial charge in [0.25, 0.3) is 5.56 Å². The predicted molar refractivity (Wildman–Crippen MR) is 112 cm³/mol. The van der Waals surface area contributed by atoms with Crippen LogP contribution >= 0.6 is 11.6 Å². The number of amides is 1. The molecule has 0 aliphatic carbocycles. The average molecular weight is 486 g/mol. The Morgan fingerprint density at radius 1 is 1.15 bits per heavy atom. The number of benzene rings is 1. The highest BCUT2D eigenvalue weighted by Crippen LogP contribution is 2.28. The summed E-state index contributed by atoms with van der Waals surface area (Å²) < 4.78 is 40.2. The van der Waals surface area contributed by atoms with Crippen molar-refractivity contribution in [3.63, 3.8) is 0 Å². The van der Waals surface area contributed by atoms with E-state index in [0.717, 1.165) is 11.8 Å². The molecule has 14 heteroatoms. The Morgan fingerprint density at radius 2 is 1.82 bits per heavy atom. The standard InChI is InChI=1S/C19H19ClF3N7O3/c1-4-28(5-2)16(32)10-29-25-17(24-26-29)12-8-11(6-7-13(12)20)30-15(31)9-14(19(21,22)23)27(3)18(30)33/h6-9H,4-5,10H2,1-3H3. The molecule has 0 fully saturated rings. The molecule has 0 radical (unpaired) electrons. The molecular formula is C19H19ClF3N7O3. The Bertz CT molecular complexity index is 1310. The number of tetrazole rings is 1. The Balaban J connectivity index is 2.03. The van der Waals surface area contributed by atoms with Crippen LogP contribution in [0, 0.1) is 0 Å². The molecule has 0 aliphatic rings. The summed E-state index contributed by atoms with van der Waals surface area (Å²) in [6.45, 7) is 4.54. The molecule has 0 spiro atoms. The second kappa shape index (κ2) is 9.17. The highest BCUT2D eigenvalue weighted by atomic mass is 35.5. The molecule has 1 amide bonds. The van der Waals surface area contributed by atoms with Crippen molar-refractivity contribution in [1.82, 2.24) is 34.2 Å². The van der Waals surface area contributed by atoms with E-state index in [-0.39, 0.29) is 34.5 Å². The molecule has 10 nitrogen and oxygen atoms in total. The maximum absolute atomic E-state index is 13.1. The van der Waals surface area contributed by atoms with Gasteiger partial charge in [0.2, 0.25) is 11.7 Å². The lowest BCUT2D eigenvalue weighted by Crippen LogP contribution is -2.40. The zero-order valence-electron chi connectivity index (χ0n) is 17.8. The summed E-state index contributed by atoms with van der Waals surface area (Å²) in [5.74, 6) is -0.213. The Morgan fingerprint density at radius 3 is 2.42 bits per heavy atom. The van der Waals surface area contributed by atoms with Crippen molar-refractivity contribution in [2.24, 2.45) is 7.05 Å². The number of rotatable bonds is 6. The molecule has 2 heterocycles. The summed E-state index contributed by atoms with van der Waals surface area (Å²) in [7, 11) is 0.915. The number of hydrogen-bond acceptors (Lipinski definition) is 6. The van der Waals surface area contributed by atoms with Crippen molar-refractivity contribution in [3.8, 4) is 17.1 Å². The lowest BCUT2D eigenvalue weighted by molar-refractivity contribution is -0.144. The SMILES string of the molecule is CCN(CC)C(=O)Cn1nnc(-c2cc(-n3c(=O)cc(C(F)(F)F)n(C)c3=O)ccc2Cl)n1. The van der Waals surface area contributed by atoms with Crippen LogP contribution in [0.4, 0.5) is 13.2 Å². The topological polar surface area (TPSA) is 108 Å². The lowest BCUT2D eigenvalue weighted by atomic mass is 10.2. The fourth-order valence-electron chi connectivity index (χ4n) is 3.17. The zero-order chi connectivity index (χ0) is 24.5. The first-order chi connectivity index (χ1) is 15.5. The molecule has 0 unspecified atom stereocenters. The van der Waals surface area contributed by atoms with Gasteiger partial charge in [-0.15, -0.1) is 10.2 Å². The second-order valence-electron chi connectivity index (χ2n) is 6.92. The highest BCUT2D eigenvalue weighted by Gasteiger charge is 2.35. The van der Waals surface area contributed by atoms with E-state index in [0.29, 0.717) is 28.3 Å². The fourth-order valence-corrected chi connectivity index (χ4v) is 3.38. The quantitative estimate of drug-likeness (QED) is 0.526. The van der Waals surface area contributed by atoms with Crippen molar-refractivity contribution in [2.75, 3.05) is 13.1 Å². The van der Waals surface area contributed by atoms with Crippen molar-refractivity contribution in [2.45, 2.75) is 26.6 Å². The third-order valence-electron chi connectivity index (χ3n) is 4.91. The smallest absolute Gasteiger partial charge is 0.342 e. The number of carbonyl (C=O) groups excluding carboxylic acids is 1. The Hall–Kier alpha value is -3.48. The van der Waals surface area contributed by atoms with Crippen LogP contribution in [0.3, 0.4) is 0 Å². The van der Waals surface area contributed by atoms with E-state index in [1.165, 1.54) is 18.2 Å². The summed E-state index contributed by atoms with van der Waals surface area (Å²) in [5.41, 5.74) is -3.59. The van der Waals surface area contributed by atoms with Crippen LogP contribution in [0.5, 0.6) is 0 Å². The average Bonchev–Trinajstić information content (AvgIpc) is 3.20. The van der Waals surface area contributed by atoms with Crippen LogP contribution in [0.1, 0.15) is 19.5 Å². The van der Waals surface area contributed by atoms with Gasteiger partial charge in [-0.3, -0.25) is 14.2 Å². The van der Waals surface area contributed by atoms with E-state index < -0.39 is 23.1 Å². The van der Waals surface area contributed by atoms with Gasteiger partial charge in [0.05, 0.1) is 10.7 Å². The van der Waals surface area contributed by atoms with Crippen LogP contribution in [-0.2, 0) is 24.6 Å². The van der Waals surface area contributed by atoms with Crippen molar-refractivity contribution >= 4 is 17.5 Å². The van der Waals surface area contributed by atoms with E-state index >= 15 is 0 Å². The first-order valence-electron chi connectivity index (χ1n) is 9.74. The summed E-state index contributed by atoms with van der Waals surface area (Å²) in [6.07, 6.45) is -4.87. The van der Waals surface area contributed by atoms with Crippen molar-refractivity contribution in [3.05, 3.63) is 55.8 Å². The van der Waals surface area contributed by atoms with Gasteiger partial charge in [-0.25, -0.2) is 9.36 Å². The maximum atomic E-state index is 13.1. The minimum absolute atomic E-state index is 0.00554. The Kier molecular flexibility index (Phi) is 6.72. The highest BCUT2D eigenvalue weighted by molar-refractivity contribution is 6.33. The number of carbonyl (C=O) groups is 1. The summed E-state index contributed by atoms with van der Waals surface area (Å²) in [6, 6.07) is 4.27. The summed E-state index contributed by atoms with van der Waals surface area (Å²) in [5, 5.41) is 11.9. The van der Waals surface area contributed by atoms with Gasteiger partial charge < -0.3 is 4.90 Å². The molecule has 0 atom stereocenters. The lowest BCUT2D eigenvalue weighted by Gasteiger charge is -2.17. The molecule has 2 aromatic heterocycles. The zero-order valence-corrected chi connectivity index (χ0v) is 18.6. The van der Waals surface area contributed by atoms with Crippen LogP contribution in [0.15, 0.2) is 33.9 Å². The van der Waals surface area contributed by atoms with E-state index in [2.05, 4.69) is 15.4 Å². The number of alkyl halides is 3. The molecule has 176 valence electrons. The van der Waals surface area contributed by atoms with Gasteiger partial charge in [0, 0.05) is 31.8 Å². The first-order valence-corrected chi connectivity index (χ1v) is 10.1. The van der Waals surface area contributed by atoms with Crippen LogP contribution in [-0.4, -0.2) is 53.2 Å². The number of halogens is 4. The maximum Gasteiger partial charge on any atom is 0.431 e. The van der Waals surface area contributed by atoms with Gasteiger partial charge in [-0.2, -0.15) is 18.0 Å².